The van der Waals surface area contributed by atoms with E-state index in [1.165, 1.54) is 0 Å². The summed E-state index contributed by atoms with van der Waals surface area (Å²) in [6.07, 6.45) is 2.83. The molecule has 0 fully saturated rings. The summed E-state index contributed by atoms with van der Waals surface area (Å²) in [5, 5.41) is 4.43. The zero-order valence-electron chi connectivity index (χ0n) is 12.8. The van der Waals surface area contributed by atoms with E-state index in [0.29, 0.717) is 10.6 Å². The van der Waals surface area contributed by atoms with Gasteiger partial charge in [-0.3, -0.25) is 9.78 Å². The van der Waals surface area contributed by atoms with Crippen LogP contribution in [0.25, 0.3) is 10.9 Å². The van der Waals surface area contributed by atoms with Crippen LogP contribution in [0.3, 0.4) is 0 Å². The van der Waals surface area contributed by atoms with Gasteiger partial charge in [0.1, 0.15) is 0 Å². The first kappa shape index (κ1) is 15.6. The molecule has 1 aromatic heterocycles. The van der Waals surface area contributed by atoms with Gasteiger partial charge in [0.25, 0.3) is 5.91 Å². The fourth-order valence-corrected chi connectivity index (χ4v) is 3.80. The number of rotatable bonds is 2. The minimum Gasteiger partial charge on any atom is -0.321 e. The van der Waals surface area contributed by atoms with Crippen LogP contribution >= 0.6 is 27.5 Å². The molecule has 120 valence electrons. The van der Waals surface area contributed by atoms with Gasteiger partial charge in [0.2, 0.25) is 0 Å². The van der Waals surface area contributed by atoms with Crippen molar-refractivity contribution in [2.24, 2.45) is 0 Å². The van der Waals surface area contributed by atoms with Gasteiger partial charge in [0, 0.05) is 20.6 Å². The number of benzene rings is 2. The largest absolute Gasteiger partial charge is 0.321 e. The Bertz CT molecular complexity index is 971. The SMILES string of the molecule is O=C(Nc1ccccc1Br)c1c2c(nc3ccc(Cl)cc13)CCC2. The second-order valence-electron chi connectivity index (χ2n) is 5.86. The summed E-state index contributed by atoms with van der Waals surface area (Å²) in [6.45, 7) is 0. The van der Waals surface area contributed by atoms with E-state index in [2.05, 4.69) is 21.2 Å². The van der Waals surface area contributed by atoms with Crippen molar-refractivity contribution in [2.75, 3.05) is 5.32 Å². The molecule has 1 aliphatic rings. The van der Waals surface area contributed by atoms with Crippen LogP contribution in [-0.2, 0) is 12.8 Å². The number of anilines is 1. The Morgan fingerprint density at radius 3 is 2.83 bits per heavy atom. The molecule has 0 unspecified atom stereocenters. The molecule has 0 saturated heterocycles. The second-order valence-corrected chi connectivity index (χ2v) is 7.15. The Morgan fingerprint density at radius 2 is 2.00 bits per heavy atom. The van der Waals surface area contributed by atoms with Gasteiger partial charge in [-0.25, -0.2) is 0 Å². The van der Waals surface area contributed by atoms with E-state index < -0.39 is 0 Å². The van der Waals surface area contributed by atoms with Gasteiger partial charge >= 0.3 is 0 Å². The molecule has 1 heterocycles. The van der Waals surface area contributed by atoms with Crippen molar-refractivity contribution in [3.63, 3.8) is 0 Å². The zero-order valence-corrected chi connectivity index (χ0v) is 15.1. The summed E-state index contributed by atoms with van der Waals surface area (Å²) < 4.78 is 0.853. The number of para-hydroxylation sites is 1. The second kappa shape index (κ2) is 6.19. The fourth-order valence-electron chi connectivity index (χ4n) is 3.24. The number of carbonyl (C=O) groups excluding carboxylic acids is 1. The van der Waals surface area contributed by atoms with Crippen LogP contribution in [0, 0.1) is 0 Å². The Balaban J connectivity index is 1.87. The smallest absolute Gasteiger partial charge is 0.256 e. The molecule has 1 amide bonds. The van der Waals surface area contributed by atoms with E-state index in [4.69, 9.17) is 16.6 Å². The number of nitrogens with one attached hydrogen (secondary N) is 1. The maximum atomic E-state index is 13.0. The van der Waals surface area contributed by atoms with Crippen molar-refractivity contribution in [3.05, 3.63) is 68.8 Å². The zero-order chi connectivity index (χ0) is 16.7. The highest BCUT2D eigenvalue weighted by atomic mass is 79.9. The molecule has 0 atom stereocenters. The summed E-state index contributed by atoms with van der Waals surface area (Å²) >= 11 is 9.64. The van der Waals surface area contributed by atoms with Crippen LogP contribution in [0.4, 0.5) is 5.69 Å². The molecule has 5 heteroatoms. The molecule has 0 spiro atoms. The van der Waals surface area contributed by atoms with Gasteiger partial charge in [-0.05, 0) is 71.1 Å². The van der Waals surface area contributed by atoms with Crippen LogP contribution in [0.5, 0.6) is 0 Å². The third-order valence-electron chi connectivity index (χ3n) is 4.32. The molecular formula is C19H14BrClN2O. The van der Waals surface area contributed by atoms with Crippen LogP contribution in [-0.4, -0.2) is 10.9 Å². The Kier molecular flexibility index (Phi) is 4.02. The van der Waals surface area contributed by atoms with Crippen LogP contribution in [0.1, 0.15) is 28.0 Å². The summed E-state index contributed by atoms with van der Waals surface area (Å²) in [4.78, 5) is 17.8. The molecule has 3 aromatic rings. The molecule has 1 N–H and O–H groups in total. The molecule has 0 radical (unpaired) electrons. The number of halogens is 2. The van der Waals surface area contributed by atoms with E-state index in [1.807, 2.05) is 42.5 Å². The first-order valence-electron chi connectivity index (χ1n) is 7.80. The summed E-state index contributed by atoms with van der Waals surface area (Å²) in [5.41, 5.74) is 4.35. The van der Waals surface area contributed by atoms with Crippen LogP contribution < -0.4 is 5.32 Å². The van der Waals surface area contributed by atoms with E-state index in [0.717, 1.165) is 51.6 Å². The number of pyridine rings is 1. The minimum absolute atomic E-state index is 0.116. The van der Waals surface area contributed by atoms with Crippen LogP contribution in [0.2, 0.25) is 5.02 Å². The highest BCUT2D eigenvalue weighted by Crippen LogP contribution is 2.32. The average molecular weight is 402 g/mol. The summed E-state index contributed by atoms with van der Waals surface area (Å²) in [5.74, 6) is -0.116. The number of aryl methyl sites for hydroxylation is 1. The monoisotopic (exact) mass is 400 g/mol. The number of fused-ring (bicyclic) bond motifs is 2. The van der Waals surface area contributed by atoms with Crippen molar-refractivity contribution < 1.29 is 4.79 Å². The number of nitrogens with zero attached hydrogens (tertiary/aromatic N) is 1. The Morgan fingerprint density at radius 1 is 1.17 bits per heavy atom. The third kappa shape index (κ3) is 2.70. The number of aromatic nitrogens is 1. The lowest BCUT2D eigenvalue weighted by Crippen LogP contribution is -2.16. The minimum atomic E-state index is -0.116. The average Bonchev–Trinajstić information content (AvgIpc) is 3.02. The van der Waals surface area contributed by atoms with Crippen molar-refractivity contribution >= 4 is 50.0 Å². The molecule has 1 aliphatic carbocycles. The first-order chi connectivity index (χ1) is 11.6. The summed E-state index contributed by atoms with van der Waals surface area (Å²) in [6, 6.07) is 13.1. The van der Waals surface area contributed by atoms with Gasteiger partial charge in [-0.1, -0.05) is 23.7 Å². The lowest BCUT2D eigenvalue weighted by molar-refractivity contribution is 0.102. The highest BCUT2D eigenvalue weighted by molar-refractivity contribution is 9.10. The number of carbonyl (C=O) groups is 1. The Hall–Kier alpha value is -1.91. The molecule has 0 aliphatic heterocycles. The number of amides is 1. The molecular weight excluding hydrogens is 388 g/mol. The molecule has 0 saturated carbocycles. The fraction of sp³-hybridized carbons (Fsp3) is 0.158. The van der Waals surface area contributed by atoms with Crippen LogP contribution in [0.15, 0.2) is 46.9 Å². The lowest BCUT2D eigenvalue weighted by atomic mass is 10.0. The quantitative estimate of drug-likeness (QED) is 0.625. The van der Waals surface area contributed by atoms with E-state index in [9.17, 15) is 4.79 Å². The topological polar surface area (TPSA) is 42.0 Å². The highest BCUT2D eigenvalue weighted by Gasteiger charge is 2.24. The number of hydrogen-bond donors (Lipinski definition) is 1. The maximum absolute atomic E-state index is 13.0. The van der Waals surface area contributed by atoms with Gasteiger partial charge in [-0.15, -0.1) is 0 Å². The van der Waals surface area contributed by atoms with Crippen molar-refractivity contribution in [3.8, 4) is 0 Å². The predicted molar refractivity (Wildman–Crippen MR) is 101 cm³/mol. The van der Waals surface area contributed by atoms with E-state index in [1.54, 1.807) is 0 Å². The first-order valence-corrected chi connectivity index (χ1v) is 8.97. The van der Waals surface area contributed by atoms with E-state index in [-0.39, 0.29) is 5.91 Å². The molecule has 3 nitrogen and oxygen atoms in total. The molecule has 4 rings (SSSR count). The standard InChI is InChI=1S/C19H14BrClN2O/c20-14-5-1-2-6-17(14)23-19(24)18-12-4-3-7-15(12)22-16-9-8-11(21)10-13(16)18/h1-2,5-6,8-10H,3-4,7H2,(H,23,24). The third-order valence-corrected chi connectivity index (χ3v) is 5.25. The maximum Gasteiger partial charge on any atom is 0.256 e. The lowest BCUT2D eigenvalue weighted by Gasteiger charge is -2.13. The van der Waals surface area contributed by atoms with Gasteiger partial charge < -0.3 is 5.32 Å². The van der Waals surface area contributed by atoms with Gasteiger partial charge in [0.05, 0.1) is 16.8 Å². The molecule has 24 heavy (non-hydrogen) atoms. The molecule has 2 aromatic carbocycles. The van der Waals surface area contributed by atoms with Crippen molar-refractivity contribution in [1.82, 2.24) is 4.98 Å². The Labute approximate surface area is 153 Å². The van der Waals surface area contributed by atoms with Crippen molar-refractivity contribution in [1.29, 1.82) is 0 Å². The van der Waals surface area contributed by atoms with Gasteiger partial charge in [0.15, 0.2) is 0 Å². The van der Waals surface area contributed by atoms with Crippen molar-refractivity contribution in [2.45, 2.75) is 19.3 Å². The normalized spacial score (nSPS) is 13.1. The predicted octanol–water partition coefficient (Wildman–Crippen LogP) is 5.39. The number of hydrogen-bond acceptors (Lipinski definition) is 2. The summed E-state index contributed by atoms with van der Waals surface area (Å²) in [7, 11) is 0. The van der Waals surface area contributed by atoms with Gasteiger partial charge in [-0.2, -0.15) is 0 Å². The molecule has 0 bridgehead atoms. The van der Waals surface area contributed by atoms with E-state index >= 15 is 0 Å².